The SMILES string of the molecule is COC(=O)c1cc2ccc1=2. The van der Waals surface area contributed by atoms with Crippen molar-refractivity contribution >= 4 is 5.97 Å². The standard InChI is InChI=1S/C8H6O2/c1-10-8(9)7-4-5-2-3-6(5)7/h2-4H,1H3. The molecule has 0 heterocycles. The molecule has 2 heteroatoms. The third kappa shape index (κ3) is 0.460. The zero-order valence-electron chi connectivity index (χ0n) is 5.55. The smallest absolute Gasteiger partial charge is 0.338 e. The number of carbonyl (C=O) groups is 1. The highest BCUT2D eigenvalue weighted by Gasteiger charge is 2.13. The molecule has 0 aromatic rings. The van der Waals surface area contributed by atoms with E-state index in [1.807, 2.05) is 18.2 Å². The summed E-state index contributed by atoms with van der Waals surface area (Å²) in [6.07, 6.45) is 0. The molecule has 0 bridgehead atoms. The molecule has 50 valence electrons. The minimum atomic E-state index is -0.233. The van der Waals surface area contributed by atoms with Gasteiger partial charge in [0.05, 0.1) is 12.7 Å². The fourth-order valence-electron chi connectivity index (χ4n) is 1.07. The lowest BCUT2D eigenvalue weighted by atomic mass is 9.99. The van der Waals surface area contributed by atoms with Gasteiger partial charge in [-0.1, -0.05) is 12.1 Å². The van der Waals surface area contributed by atoms with Gasteiger partial charge >= 0.3 is 5.97 Å². The van der Waals surface area contributed by atoms with E-state index in [9.17, 15) is 4.79 Å². The Morgan fingerprint density at radius 3 is 2.60 bits per heavy atom. The Labute approximate surface area is 57.7 Å². The molecule has 2 aliphatic carbocycles. The molecule has 0 fully saturated rings. The molecule has 0 unspecified atom stereocenters. The zero-order valence-corrected chi connectivity index (χ0v) is 5.55. The Morgan fingerprint density at radius 1 is 1.50 bits per heavy atom. The quantitative estimate of drug-likeness (QED) is 0.545. The Hall–Kier alpha value is -1.31. The second-order valence-electron chi connectivity index (χ2n) is 2.25. The molecule has 0 saturated heterocycles. The minimum absolute atomic E-state index is 0.233. The van der Waals surface area contributed by atoms with Crippen molar-refractivity contribution < 1.29 is 9.53 Å². The van der Waals surface area contributed by atoms with Crippen LogP contribution < -0.4 is 0 Å². The number of hydrogen-bond acceptors (Lipinski definition) is 2. The summed E-state index contributed by atoms with van der Waals surface area (Å²) in [4.78, 5) is 10.8. The maximum Gasteiger partial charge on any atom is 0.338 e. The van der Waals surface area contributed by atoms with Gasteiger partial charge in [0.25, 0.3) is 0 Å². The minimum Gasteiger partial charge on any atom is -0.465 e. The van der Waals surface area contributed by atoms with Gasteiger partial charge in [-0.3, -0.25) is 0 Å². The molecule has 0 N–H and O–H groups in total. The summed E-state index contributed by atoms with van der Waals surface area (Å²) < 4.78 is 4.53. The van der Waals surface area contributed by atoms with Crippen molar-refractivity contribution in [2.75, 3.05) is 7.11 Å². The molecule has 0 atom stereocenters. The van der Waals surface area contributed by atoms with Crippen molar-refractivity contribution in [1.29, 1.82) is 0 Å². The average molecular weight is 134 g/mol. The maximum atomic E-state index is 10.8. The van der Waals surface area contributed by atoms with Crippen LogP contribution in [0.4, 0.5) is 0 Å². The molecule has 0 radical (unpaired) electrons. The molecular formula is C8H6O2. The number of esters is 1. The fraction of sp³-hybridized carbons (Fsp3) is 0.125. The van der Waals surface area contributed by atoms with Gasteiger partial charge in [0, 0.05) is 0 Å². The number of ether oxygens (including phenoxy) is 1. The number of methoxy groups -OCH3 is 1. The third-order valence-corrected chi connectivity index (χ3v) is 1.74. The first-order valence-electron chi connectivity index (χ1n) is 3.05. The lowest BCUT2D eigenvalue weighted by molar-refractivity contribution is 0.0598. The molecule has 2 aliphatic rings. The van der Waals surface area contributed by atoms with Crippen LogP contribution in [0.5, 0.6) is 0 Å². The van der Waals surface area contributed by atoms with Gasteiger partial charge in [-0.2, -0.15) is 0 Å². The molecule has 0 aliphatic heterocycles. The number of rotatable bonds is 1. The highest BCUT2D eigenvalue weighted by atomic mass is 16.5. The Bertz CT molecular complexity index is 379. The molecule has 0 aromatic heterocycles. The molecule has 2 nitrogen and oxygen atoms in total. The van der Waals surface area contributed by atoms with Gasteiger partial charge < -0.3 is 4.74 Å². The summed E-state index contributed by atoms with van der Waals surface area (Å²) in [5, 5.41) is 2.22. The highest BCUT2D eigenvalue weighted by molar-refractivity contribution is 5.91. The van der Waals surface area contributed by atoms with E-state index in [4.69, 9.17) is 0 Å². The van der Waals surface area contributed by atoms with Crippen molar-refractivity contribution in [2.24, 2.45) is 0 Å². The Kier molecular flexibility index (Phi) is 0.873. The van der Waals surface area contributed by atoms with E-state index >= 15 is 0 Å². The van der Waals surface area contributed by atoms with E-state index in [0.29, 0.717) is 5.56 Å². The fourth-order valence-corrected chi connectivity index (χ4v) is 1.07. The average Bonchev–Trinajstić information content (AvgIpc) is 1.93. The van der Waals surface area contributed by atoms with E-state index in [2.05, 4.69) is 4.74 Å². The van der Waals surface area contributed by atoms with Crippen molar-refractivity contribution in [3.05, 3.63) is 34.2 Å². The van der Waals surface area contributed by atoms with Gasteiger partial charge in [0.15, 0.2) is 0 Å². The van der Waals surface area contributed by atoms with Crippen LogP contribution in [0.25, 0.3) is 0 Å². The van der Waals surface area contributed by atoms with E-state index in [1.54, 1.807) is 0 Å². The van der Waals surface area contributed by atoms with E-state index in [1.165, 1.54) is 12.3 Å². The van der Waals surface area contributed by atoms with Crippen LogP contribution in [0, 0.1) is 10.4 Å². The lowest BCUT2D eigenvalue weighted by Crippen LogP contribution is -2.07. The monoisotopic (exact) mass is 134 g/mol. The number of hydrogen-bond donors (Lipinski definition) is 0. The van der Waals surface area contributed by atoms with Gasteiger partial charge in [-0.15, -0.1) is 0 Å². The van der Waals surface area contributed by atoms with Gasteiger partial charge in [-0.25, -0.2) is 4.79 Å². The molecule has 0 saturated carbocycles. The first kappa shape index (κ1) is 5.47. The predicted molar refractivity (Wildman–Crippen MR) is 35.5 cm³/mol. The Balaban J connectivity index is 2.43. The largest absolute Gasteiger partial charge is 0.465 e. The molecule has 0 aromatic carbocycles. The summed E-state index contributed by atoms with van der Waals surface area (Å²) in [6, 6.07) is 5.73. The van der Waals surface area contributed by atoms with Crippen LogP contribution in [0.15, 0.2) is 18.2 Å². The van der Waals surface area contributed by atoms with Crippen LogP contribution in [0.3, 0.4) is 0 Å². The van der Waals surface area contributed by atoms with E-state index < -0.39 is 0 Å². The van der Waals surface area contributed by atoms with Crippen LogP contribution in [0.1, 0.15) is 10.4 Å². The van der Waals surface area contributed by atoms with Crippen LogP contribution in [0.2, 0.25) is 0 Å². The van der Waals surface area contributed by atoms with E-state index in [-0.39, 0.29) is 5.97 Å². The summed E-state index contributed by atoms with van der Waals surface area (Å²) >= 11 is 0. The van der Waals surface area contributed by atoms with Crippen molar-refractivity contribution in [1.82, 2.24) is 0 Å². The van der Waals surface area contributed by atoms with E-state index in [0.717, 1.165) is 5.22 Å². The second-order valence-corrected chi connectivity index (χ2v) is 2.25. The summed E-state index contributed by atoms with van der Waals surface area (Å²) in [5.74, 6) is -0.233. The molecule has 0 spiro atoms. The molecular weight excluding hydrogens is 128 g/mol. The highest BCUT2D eigenvalue weighted by Crippen LogP contribution is 2.15. The topological polar surface area (TPSA) is 26.3 Å². The van der Waals surface area contributed by atoms with Gasteiger partial charge in [0.2, 0.25) is 0 Å². The number of benzene rings is 1. The third-order valence-electron chi connectivity index (χ3n) is 1.74. The maximum absolute atomic E-state index is 10.8. The van der Waals surface area contributed by atoms with Gasteiger partial charge in [-0.05, 0) is 16.5 Å². The molecule has 10 heavy (non-hydrogen) atoms. The second kappa shape index (κ2) is 1.59. The molecule has 0 amide bonds. The normalized spacial score (nSPS) is 10.9. The lowest BCUT2D eigenvalue weighted by Gasteiger charge is -2.07. The van der Waals surface area contributed by atoms with Crippen LogP contribution >= 0.6 is 0 Å². The van der Waals surface area contributed by atoms with Crippen molar-refractivity contribution in [3.8, 4) is 0 Å². The number of carbonyl (C=O) groups excluding carboxylic acids is 1. The first-order chi connectivity index (χ1) is 4.83. The molecule has 2 rings (SSSR count). The predicted octanol–water partition coefficient (Wildman–Crippen LogP) is 1.07. The van der Waals surface area contributed by atoms with Gasteiger partial charge in [0.1, 0.15) is 0 Å². The summed E-state index contributed by atoms with van der Waals surface area (Å²) in [6.45, 7) is 0. The Morgan fingerprint density at radius 2 is 2.30 bits per heavy atom. The van der Waals surface area contributed by atoms with Crippen molar-refractivity contribution in [2.45, 2.75) is 0 Å². The first-order valence-corrected chi connectivity index (χ1v) is 3.05. The summed E-state index contributed by atoms with van der Waals surface area (Å²) in [7, 11) is 1.39. The summed E-state index contributed by atoms with van der Waals surface area (Å²) in [5.41, 5.74) is 0.708. The zero-order chi connectivity index (χ0) is 7.14. The van der Waals surface area contributed by atoms with Crippen LogP contribution in [-0.2, 0) is 4.74 Å². The van der Waals surface area contributed by atoms with Crippen LogP contribution in [-0.4, -0.2) is 13.1 Å². The van der Waals surface area contributed by atoms with Crippen molar-refractivity contribution in [3.63, 3.8) is 0 Å².